The Bertz CT molecular complexity index is 566. The number of benzene rings is 2. The highest BCUT2D eigenvalue weighted by molar-refractivity contribution is 6.31. The van der Waals surface area contributed by atoms with Gasteiger partial charge in [-0.3, -0.25) is 0 Å². The number of hydrogen-bond acceptors (Lipinski definition) is 1. The first kappa shape index (κ1) is 15.0. The molecule has 0 fully saturated rings. The van der Waals surface area contributed by atoms with Crippen LogP contribution in [0.5, 0.6) is 0 Å². The molecule has 2 aromatic rings. The van der Waals surface area contributed by atoms with Crippen LogP contribution in [0.2, 0.25) is 5.02 Å². The number of halogens is 2. The normalized spacial score (nSPS) is 12.4. The summed E-state index contributed by atoms with van der Waals surface area (Å²) in [6, 6.07) is 13.1. The Balaban J connectivity index is 2.25. The van der Waals surface area contributed by atoms with Gasteiger partial charge in [-0.15, -0.1) is 0 Å². The minimum Gasteiger partial charge on any atom is -0.330 e. The van der Waals surface area contributed by atoms with Gasteiger partial charge in [0.15, 0.2) is 0 Å². The van der Waals surface area contributed by atoms with Gasteiger partial charge in [-0.1, -0.05) is 48.9 Å². The molecule has 0 aliphatic heterocycles. The van der Waals surface area contributed by atoms with Crippen LogP contribution in [0.4, 0.5) is 4.39 Å². The highest BCUT2D eigenvalue weighted by Crippen LogP contribution is 2.28. The molecule has 0 saturated carbocycles. The van der Waals surface area contributed by atoms with E-state index in [1.165, 1.54) is 11.6 Å². The lowest BCUT2D eigenvalue weighted by Crippen LogP contribution is -2.06. The summed E-state index contributed by atoms with van der Waals surface area (Å²) in [5.41, 5.74) is 8.91. The second-order valence-corrected chi connectivity index (χ2v) is 5.34. The Morgan fingerprint density at radius 1 is 1.10 bits per heavy atom. The van der Waals surface area contributed by atoms with Crippen LogP contribution >= 0.6 is 11.6 Å². The van der Waals surface area contributed by atoms with Crippen molar-refractivity contribution < 1.29 is 4.39 Å². The van der Waals surface area contributed by atoms with Gasteiger partial charge in [0.05, 0.1) is 5.02 Å². The van der Waals surface area contributed by atoms with Crippen LogP contribution in [0.3, 0.4) is 0 Å². The highest BCUT2D eigenvalue weighted by atomic mass is 35.5. The molecule has 0 aromatic heterocycles. The molecule has 0 radical (unpaired) electrons. The molecule has 2 N–H and O–H groups in total. The molecule has 1 unspecified atom stereocenters. The zero-order valence-electron chi connectivity index (χ0n) is 11.6. The average Bonchev–Trinajstić information content (AvgIpc) is 2.48. The van der Waals surface area contributed by atoms with Crippen molar-refractivity contribution in [3.8, 4) is 11.1 Å². The van der Waals surface area contributed by atoms with Gasteiger partial charge in [-0.05, 0) is 54.1 Å². The van der Waals surface area contributed by atoms with Gasteiger partial charge in [0.25, 0.3) is 0 Å². The van der Waals surface area contributed by atoms with Crippen LogP contribution in [0, 0.1) is 5.82 Å². The van der Waals surface area contributed by atoms with Crippen LogP contribution in [0.1, 0.15) is 31.2 Å². The number of rotatable bonds is 5. The van der Waals surface area contributed by atoms with Crippen molar-refractivity contribution in [2.24, 2.45) is 5.73 Å². The quantitative estimate of drug-likeness (QED) is 0.825. The molecule has 1 atom stereocenters. The summed E-state index contributed by atoms with van der Waals surface area (Å²) in [5, 5.41) is 0.154. The third kappa shape index (κ3) is 3.38. The van der Waals surface area contributed by atoms with E-state index < -0.39 is 0 Å². The van der Waals surface area contributed by atoms with Crippen LogP contribution in [-0.4, -0.2) is 6.54 Å². The predicted octanol–water partition coefficient (Wildman–Crippen LogP) is 4.99. The third-order valence-electron chi connectivity index (χ3n) is 3.64. The molecule has 0 spiro atoms. The molecule has 0 saturated heterocycles. The lowest BCUT2D eigenvalue weighted by molar-refractivity contribution is 0.614. The zero-order valence-corrected chi connectivity index (χ0v) is 12.3. The van der Waals surface area contributed by atoms with E-state index in [2.05, 4.69) is 31.2 Å². The lowest BCUT2D eigenvalue weighted by atomic mass is 9.92. The molecule has 0 aliphatic rings. The first-order chi connectivity index (χ1) is 9.65. The Kier molecular flexibility index (Phi) is 5.16. The molecule has 0 aliphatic carbocycles. The molecule has 0 bridgehead atoms. The van der Waals surface area contributed by atoms with Crippen LogP contribution in [-0.2, 0) is 0 Å². The van der Waals surface area contributed by atoms with Gasteiger partial charge in [0, 0.05) is 0 Å². The van der Waals surface area contributed by atoms with E-state index in [1.807, 2.05) is 0 Å². The topological polar surface area (TPSA) is 26.0 Å². The SMILES string of the molecule is CCC(CCN)c1ccc(-c2ccc(F)c(Cl)c2)cc1. The molecule has 2 rings (SSSR count). The van der Waals surface area contributed by atoms with E-state index in [9.17, 15) is 4.39 Å². The molecule has 20 heavy (non-hydrogen) atoms. The number of hydrogen-bond donors (Lipinski definition) is 1. The third-order valence-corrected chi connectivity index (χ3v) is 3.93. The molecule has 2 aromatic carbocycles. The van der Waals surface area contributed by atoms with E-state index in [4.69, 9.17) is 17.3 Å². The van der Waals surface area contributed by atoms with Crippen molar-refractivity contribution in [3.05, 3.63) is 58.9 Å². The standard InChI is InChI=1S/C17H19ClFN/c1-2-12(9-10-20)13-3-5-14(6-4-13)15-7-8-17(19)16(18)11-15/h3-8,11-12H,2,9-10,20H2,1H3. The maximum atomic E-state index is 13.2. The minimum absolute atomic E-state index is 0.154. The summed E-state index contributed by atoms with van der Waals surface area (Å²) in [6.45, 7) is 2.88. The van der Waals surface area contributed by atoms with Crippen LogP contribution < -0.4 is 5.73 Å². The smallest absolute Gasteiger partial charge is 0.141 e. The van der Waals surface area contributed by atoms with Crippen molar-refractivity contribution >= 4 is 11.6 Å². The molecule has 0 heterocycles. The zero-order chi connectivity index (χ0) is 14.5. The Labute approximate surface area is 124 Å². The van der Waals surface area contributed by atoms with Crippen molar-refractivity contribution in [2.75, 3.05) is 6.54 Å². The van der Waals surface area contributed by atoms with Crippen LogP contribution in [0.15, 0.2) is 42.5 Å². The number of nitrogens with two attached hydrogens (primary N) is 1. The van der Waals surface area contributed by atoms with Gasteiger partial charge >= 0.3 is 0 Å². The van der Waals surface area contributed by atoms with E-state index >= 15 is 0 Å². The molecule has 1 nitrogen and oxygen atoms in total. The summed E-state index contributed by atoms with van der Waals surface area (Å²) >= 11 is 5.82. The second kappa shape index (κ2) is 6.87. The maximum Gasteiger partial charge on any atom is 0.141 e. The first-order valence-electron chi connectivity index (χ1n) is 6.91. The molecule has 3 heteroatoms. The Morgan fingerprint density at radius 3 is 2.30 bits per heavy atom. The van der Waals surface area contributed by atoms with Crippen LogP contribution in [0.25, 0.3) is 11.1 Å². The van der Waals surface area contributed by atoms with Crippen molar-refractivity contribution in [1.29, 1.82) is 0 Å². The van der Waals surface area contributed by atoms with Crippen molar-refractivity contribution in [3.63, 3.8) is 0 Å². The Morgan fingerprint density at radius 2 is 1.75 bits per heavy atom. The van der Waals surface area contributed by atoms with E-state index in [0.717, 1.165) is 24.0 Å². The molecule has 106 valence electrons. The summed E-state index contributed by atoms with van der Waals surface area (Å²) in [5.74, 6) is 0.117. The fourth-order valence-electron chi connectivity index (χ4n) is 2.43. The molecular formula is C17H19ClFN. The van der Waals surface area contributed by atoms with Gasteiger partial charge in [0.2, 0.25) is 0 Å². The largest absolute Gasteiger partial charge is 0.330 e. The summed E-state index contributed by atoms with van der Waals surface area (Å²) in [6.07, 6.45) is 2.08. The lowest BCUT2D eigenvalue weighted by Gasteiger charge is -2.14. The van der Waals surface area contributed by atoms with Gasteiger partial charge in [-0.25, -0.2) is 4.39 Å². The first-order valence-corrected chi connectivity index (χ1v) is 7.29. The fraction of sp³-hybridized carbons (Fsp3) is 0.294. The van der Waals surface area contributed by atoms with E-state index in [1.54, 1.807) is 12.1 Å². The van der Waals surface area contributed by atoms with Gasteiger partial charge in [0.1, 0.15) is 5.82 Å². The second-order valence-electron chi connectivity index (χ2n) is 4.93. The summed E-state index contributed by atoms with van der Waals surface area (Å²) in [4.78, 5) is 0. The van der Waals surface area contributed by atoms with E-state index in [0.29, 0.717) is 12.5 Å². The average molecular weight is 292 g/mol. The summed E-state index contributed by atoms with van der Waals surface area (Å²) in [7, 11) is 0. The van der Waals surface area contributed by atoms with E-state index in [-0.39, 0.29) is 10.8 Å². The minimum atomic E-state index is -0.388. The maximum absolute atomic E-state index is 13.2. The monoisotopic (exact) mass is 291 g/mol. The van der Waals surface area contributed by atoms with Gasteiger partial charge in [-0.2, -0.15) is 0 Å². The highest BCUT2D eigenvalue weighted by Gasteiger charge is 2.09. The molecule has 0 amide bonds. The summed E-state index contributed by atoms with van der Waals surface area (Å²) < 4.78 is 13.2. The Hall–Kier alpha value is -1.38. The molecular weight excluding hydrogens is 273 g/mol. The van der Waals surface area contributed by atoms with Gasteiger partial charge < -0.3 is 5.73 Å². The fourth-order valence-corrected chi connectivity index (χ4v) is 2.61. The van der Waals surface area contributed by atoms with Crippen molar-refractivity contribution in [2.45, 2.75) is 25.7 Å². The van der Waals surface area contributed by atoms with Crippen molar-refractivity contribution in [1.82, 2.24) is 0 Å². The predicted molar refractivity (Wildman–Crippen MR) is 83.5 cm³/mol.